The fraction of sp³-hybridized carbons (Fsp3) is 0.467. The van der Waals surface area contributed by atoms with E-state index < -0.39 is 5.54 Å². The summed E-state index contributed by atoms with van der Waals surface area (Å²) in [5.41, 5.74) is 6.35. The van der Waals surface area contributed by atoms with Gasteiger partial charge in [-0.3, -0.25) is 9.59 Å². The molecule has 20 heavy (non-hydrogen) atoms. The first kappa shape index (κ1) is 16.2. The first-order valence-electron chi connectivity index (χ1n) is 6.67. The van der Waals surface area contributed by atoms with Gasteiger partial charge in [-0.15, -0.1) is 0 Å². The Morgan fingerprint density at radius 3 is 2.50 bits per heavy atom. The lowest BCUT2D eigenvalue weighted by Crippen LogP contribution is -2.36. The molecule has 0 heterocycles. The first-order valence-corrected chi connectivity index (χ1v) is 6.67. The van der Waals surface area contributed by atoms with Gasteiger partial charge in [-0.25, -0.2) is 0 Å². The average Bonchev–Trinajstić information content (AvgIpc) is 2.25. The highest BCUT2D eigenvalue weighted by atomic mass is 16.2. The van der Waals surface area contributed by atoms with Gasteiger partial charge in [-0.1, -0.05) is 6.07 Å². The van der Waals surface area contributed by atoms with Crippen molar-refractivity contribution in [2.75, 3.05) is 5.32 Å². The van der Waals surface area contributed by atoms with Gasteiger partial charge in [0, 0.05) is 29.3 Å². The van der Waals surface area contributed by atoms with Crippen LogP contribution in [-0.4, -0.2) is 23.4 Å². The second-order valence-corrected chi connectivity index (χ2v) is 5.92. The van der Waals surface area contributed by atoms with Gasteiger partial charge in [0.25, 0.3) is 5.91 Å². The zero-order valence-electron chi connectivity index (χ0n) is 12.5. The van der Waals surface area contributed by atoms with Gasteiger partial charge in [-0.2, -0.15) is 0 Å². The van der Waals surface area contributed by atoms with Crippen LogP contribution in [0.2, 0.25) is 0 Å². The smallest absolute Gasteiger partial charge is 0.251 e. The van der Waals surface area contributed by atoms with E-state index in [-0.39, 0.29) is 24.3 Å². The third-order valence-corrected chi connectivity index (χ3v) is 2.44. The van der Waals surface area contributed by atoms with Crippen LogP contribution in [0.3, 0.4) is 0 Å². The maximum absolute atomic E-state index is 11.9. The Bertz CT molecular complexity index is 490. The quantitative estimate of drug-likeness (QED) is 0.768. The van der Waals surface area contributed by atoms with Crippen molar-refractivity contribution in [1.82, 2.24) is 5.32 Å². The highest BCUT2D eigenvalue weighted by molar-refractivity contribution is 5.97. The number of hydrogen-bond acceptors (Lipinski definition) is 3. The van der Waals surface area contributed by atoms with Crippen molar-refractivity contribution in [3.05, 3.63) is 29.8 Å². The SMILES string of the molecule is CC(C)NC(=O)c1cccc(NC(=O)CC(C)(C)N)c1. The van der Waals surface area contributed by atoms with Crippen molar-refractivity contribution in [2.24, 2.45) is 5.73 Å². The molecule has 0 unspecified atom stereocenters. The fourth-order valence-corrected chi connectivity index (χ4v) is 1.70. The summed E-state index contributed by atoms with van der Waals surface area (Å²) in [6.45, 7) is 7.37. The minimum atomic E-state index is -0.559. The Hall–Kier alpha value is -1.88. The molecule has 0 saturated carbocycles. The average molecular weight is 277 g/mol. The molecule has 110 valence electrons. The van der Waals surface area contributed by atoms with Crippen LogP contribution in [0.1, 0.15) is 44.5 Å². The van der Waals surface area contributed by atoms with Gasteiger partial charge in [0.2, 0.25) is 5.91 Å². The number of nitrogens with one attached hydrogen (secondary N) is 2. The van der Waals surface area contributed by atoms with E-state index in [1.807, 2.05) is 13.8 Å². The number of hydrogen-bond donors (Lipinski definition) is 3. The predicted molar refractivity (Wildman–Crippen MR) is 80.6 cm³/mol. The number of benzene rings is 1. The van der Waals surface area contributed by atoms with Crippen molar-refractivity contribution in [3.8, 4) is 0 Å². The van der Waals surface area contributed by atoms with Crippen molar-refractivity contribution in [1.29, 1.82) is 0 Å². The Morgan fingerprint density at radius 1 is 1.30 bits per heavy atom. The summed E-state index contributed by atoms with van der Waals surface area (Å²) in [6, 6.07) is 6.91. The molecule has 0 aliphatic carbocycles. The predicted octanol–water partition coefficient (Wildman–Crippen LogP) is 1.89. The molecule has 0 spiro atoms. The van der Waals surface area contributed by atoms with Crippen LogP contribution in [0.5, 0.6) is 0 Å². The van der Waals surface area contributed by atoms with Crippen LogP contribution in [-0.2, 0) is 4.79 Å². The molecular weight excluding hydrogens is 254 g/mol. The lowest BCUT2D eigenvalue weighted by Gasteiger charge is -2.17. The molecule has 4 N–H and O–H groups in total. The molecule has 2 amide bonds. The maximum Gasteiger partial charge on any atom is 0.251 e. The van der Waals surface area contributed by atoms with E-state index in [9.17, 15) is 9.59 Å². The monoisotopic (exact) mass is 277 g/mol. The van der Waals surface area contributed by atoms with Gasteiger partial charge in [0.05, 0.1) is 0 Å². The number of carbonyl (C=O) groups excluding carboxylic acids is 2. The normalized spacial score (nSPS) is 11.3. The number of amides is 2. The van der Waals surface area contributed by atoms with Gasteiger partial charge in [0.1, 0.15) is 0 Å². The first-order chi connectivity index (χ1) is 9.17. The largest absolute Gasteiger partial charge is 0.350 e. The third-order valence-electron chi connectivity index (χ3n) is 2.44. The summed E-state index contributed by atoms with van der Waals surface area (Å²) in [4.78, 5) is 23.7. The molecule has 0 radical (unpaired) electrons. The summed E-state index contributed by atoms with van der Waals surface area (Å²) >= 11 is 0. The second-order valence-electron chi connectivity index (χ2n) is 5.92. The lowest BCUT2D eigenvalue weighted by atomic mass is 10.0. The molecule has 0 saturated heterocycles. The van der Waals surface area contributed by atoms with Gasteiger partial charge in [-0.05, 0) is 45.9 Å². The molecule has 5 heteroatoms. The Balaban J connectivity index is 2.73. The van der Waals surface area contributed by atoms with E-state index in [0.717, 1.165) is 0 Å². The minimum absolute atomic E-state index is 0.0683. The number of rotatable bonds is 5. The van der Waals surface area contributed by atoms with Crippen LogP contribution in [0.15, 0.2) is 24.3 Å². The fourth-order valence-electron chi connectivity index (χ4n) is 1.70. The Kier molecular flexibility index (Phi) is 5.27. The van der Waals surface area contributed by atoms with Crippen LogP contribution in [0.4, 0.5) is 5.69 Å². The molecule has 1 rings (SSSR count). The van der Waals surface area contributed by atoms with E-state index in [1.165, 1.54) is 0 Å². The molecule has 5 nitrogen and oxygen atoms in total. The zero-order chi connectivity index (χ0) is 15.3. The summed E-state index contributed by atoms with van der Waals surface area (Å²) in [6.07, 6.45) is 0.218. The summed E-state index contributed by atoms with van der Waals surface area (Å²) in [7, 11) is 0. The number of anilines is 1. The van der Waals surface area contributed by atoms with E-state index in [4.69, 9.17) is 5.73 Å². The molecule has 1 aromatic rings. The van der Waals surface area contributed by atoms with Crippen LogP contribution < -0.4 is 16.4 Å². The van der Waals surface area contributed by atoms with E-state index >= 15 is 0 Å². The van der Waals surface area contributed by atoms with Crippen molar-refractivity contribution < 1.29 is 9.59 Å². The maximum atomic E-state index is 11.9. The third kappa shape index (κ3) is 5.84. The second kappa shape index (κ2) is 6.52. The Morgan fingerprint density at radius 2 is 1.95 bits per heavy atom. The van der Waals surface area contributed by atoms with Crippen molar-refractivity contribution in [3.63, 3.8) is 0 Å². The summed E-state index contributed by atoms with van der Waals surface area (Å²) in [5, 5.41) is 5.55. The summed E-state index contributed by atoms with van der Waals surface area (Å²) < 4.78 is 0. The molecule has 0 aromatic heterocycles. The molecule has 0 bridgehead atoms. The van der Waals surface area contributed by atoms with Gasteiger partial charge < -0.3 is 16.4 Å². The van der Waals surface area contributed by atoms with Crippen LogP contribution in [0, 0.1) is 0 Å². The van der Waals surface area contributed by atoms with E-state index in [2.05, 4.69) is 10.6 Å². The molecule has 0 atom stereocenters. The molecular formula is C15H23N3O2. The summed E-state index contributed by atoms with van der Waals surface area (Å²) in [5.74, 6) is -0.325. The highest BCUT2D eigenvalue weighted by Gasteiger charge is 2.16. The van der Waals surface area contributed by atoms with Gasteiger partial charge >= 0.3 is 0 Å². The molecule has 0 fully saturated rings. The molecule has 0 aliphatic heterocycles. The Labute approximate surface area is 119 Å². The van der Waals surface area contributed by atoms with E-state index in [1.54, 1.807) is 38.1 Å². The van der Waals surface area contributed by atoms with Crippen LogP contribution >= 0.6 is 0 Å². The lowest BCUT2D eigenvalue weighted by molar-refractivity contribution is -0.117. The van der Waals surface area contributed by atoms with Crippen molar-refractivity contribution >= 4 is 17.5 Å². The van der Waals surface area contributed by atoms with Crippen LogP contribution in [0.25, 0.3) is 0 Å². The zero-order valence-corrected chi connectivity index (χ0v) is 12.5. The van der Waals surface area contributed by atoms with Crippen molar-refractivity contribution in [2.45, 2.75) is 45.7 Å². The molecule has 0 aliphatic rings. The van der Waals surface area contributed by atoms with Gasteiger partial charge in [0.15, 0.2) is 0 Å². The molecule has 1 aromatic carbocycles. The highest BCUT2D eigenvalue weighted by Crippen LogP contribution is 2.13. The topological polar surface area (TPSA) is 84.2 Å². The number of carbonyl (C=O) groups is 2. The number of nitrogens with two attached hydrogens (primary N) is 1. The standard InChI is InChI=1S/C15H23N3O2/c1-10(2)17-14(20)11-6-5-7-12(8-11)18-13(19)9-15(3,4)16/h5-8,10H,9,16H2,1-4H3,(H,17,20)(H,18,19). The minimum Gasteiger partial charge on any atom is -0.350 e. The van der Waals surface area contributed by atoms with E-state index in [0.29, 0.717) is 11.3 Å².